The van der Waals surface area contributed by atoms with E-state index in [2.05, 4.69) is 9.71 Å². The van der Waals surface area contributed by atoms with Gasteiger partial charge < -0.3 is 0 Å². The maximum Gasteiger partial charge on any atom is 0.241 e. The Bertz CT molecular complexity index is 690. The van der Waals surface area contributed by atoms with Crippen LogP contribution in [0.3, 0.4) is 0 Å². The highest BCUT2D eigenvalue weighted by atomic mass is 32.2. The molecule has 0 aliphatic heterocycles. The van der Waals surface area contributed by atoms with Gasteiger partial charge in [-0.25, -0.2) is 18.1 Å². The van der Waals surface area contributed by atoms with E-state index in [0.29, 0.717) is 4.90 Å². The minimum absolute atomic E-state index is 0.230. The number of nitrogens with one attached hydrogen (secondary N) is 1. The van der Waals surface area contributed by atoms with Crippen molar-refractivity contribution in [3.05, 3.63) is 45.4 Å². The fourth-order valence-corrected chi connectivity index (χ4v) is 3.85. The minimum Gasteiger partial charge on any atom is -0.248 e. The molecule has 0 spiro atoms. The zero-order valence-corrected chi connectivity index (χ0v) is 12.7. The normalized spacial score (nSPS) is 11.7. The van der Waals surface area contributed by atoms with E-state index < -0.39 is 10.0 Å². The van der Waals surface area contributed by atoms with Crippen LogP contribution in [0.25, 0.3) is 0 Å². The summed E-state index contributed by atoms with van der Waals surface area (Å²) in [5.41, 5.74) is 1.80. The number of aromatic nitrogens is 1. The summed E-state index contributed by atoms with van der Waals surface area (Å²) in [5, 5.41) is 0.769. The molecular formula is C13H16N2O2S2. The van der Waals surface area contributed by atoms with E-state index in [9.17, 15) is 8.42 Å². The van der Waals surface area contributed by atoms with Crippen LogP contribution in [0.1, 0.15) is 21.0 Å². The molecule has 0 saturated carbocycles. The van der Waals surface area contributed by atoms with Crippen molar-refractivity contribution < 1.29 is 8.42 Å². The number of thiazole rings is 1. The van der Waals surface area contributed by atoms with Crippen molar-refractivity contribution in [2.45, 2.75) is 32.2 Å². The molecule has 4 nitrogen and oxygen atoms in total. The Kier molecular flexibility index (Phi) is 4.03. The van der Waals surface area contributed by atoms with Gasteiger partial charge in [0.1, 0.15) is 5.01 Å². The van der Waals surface area contributed by atoms with Gasteiger partial charge in [-0.1, -0.05) is 17.7 Å². The predicted molar refractivity (Wildman–Crippen MR) is 76.8 cm³/mol. The van der Waals surface area contributed by atoms with Gasteiger partial charge in [0.25, 0.3) is 0 Å². The molecule has 6 heteroatoms. The number of aryl methyl sites for hydroxylation is 3. The van der Waals surface area contributed by atoms with Gasteiger partial charge in [0, 0.05) is 11.1 Å². The standard InChI is InChI=1S/C13H16N2O2S2/c1-9-4-5-12(10(2)6-9)19(16,17)15-8-13-14-7-11(3)18-13/h4-7,15H,8H2,1-3H3. The predicted octanol–water partition coefficient (Wildman–Crippen LogP) is 2.55. The lowest BCUT2D eigenvalue weighted by molar-refractivity contribution is 0.580. The highest BCUT2D eigenvalue weighted by molar-refractivity contribution is 7.89. The van der Waals surface area contributed by atoms with Crippen molar-refractivity contribution in [2.24, 2.45) is 0 Å². The maximum atomic E-state index is 12.2. The van der Waals surface area contributed by atoms with Crippen LogP contribution in [0, 0.1) is 20.8 Å². The van der Waals surface area contributed by atoms with Crippen molar-refractivity contribution in [1.29, 1.82) is 0 Å². The van der Waals surface area contributed by atoms with Gasteiger partial charge in [-0.05, 0) is 32.4 Å². The van der Waals surface area contributed by atoms with Crippen LogP contribution < -0.4 is 4.72 Å². The van der Waals surface area contributed by atoms with Gasteiger partial charge in [-0.15, -0.1) is 11.3 Å². The third-order valence-electron chi connectivity index (χ3n) is 2.70. The summed E-state index contributed by atoms with van der Waals surface area (Å²) in [4.78, 5) is 5.54. The van der Waals surface area contributed by atoms with E-state index in [1.807, 2.05) is 19.9 Å². The Hall–Kier alpha value is -1.24. The van der Waals surface area contributed by atoms with Gasteiger partial charge in [0.05, 0.1) is 11.4 Å². The molecule has 0 unspecified atom stereocenters. The molecule has 2 rings (SSSR count). The fourth-order valence-electron chi connectivity index (χ4n) is 1.82. The number of hydrogen-bond donors (Lipinski definition) is 1. The molecule has 0 aliphatic rings. The number of benzene rings is 1. The summed E-state index contributed by atoms with van der Waals surface area (Å²) in [6.45, 7) is 5.91. The summed E-state index contributed by atoms with van der Waals surface area (Å²) >= 11 is 1.49. The fraction of sp³-hybridized carbons (Fsp3) is 0.308. The van der Waals surface area contributed by atoms with Crippen molar-refractivity contribution in [2.75, 3.05) is 0 Å². The molecule has 0 bridgehead atoms. The number of nitrogens with zero attached hydrogens (tertiary/aromatic N) is 1. The van der Waals surface area contributed by atoms with Crippen LogP contribution in [-0.4, -0.2) is 13.4 Å². The Labute approximate surface area is 117 Å². The second kappa shape index (κ2) is 5.40. The minimum atomic E-state index is -3.48. The summed E-state index contributed by atoms with van der Waals surface area (Å²) in [5.74, 6) is 0. The number of rotatable bonds is 4. The number of sulfonamides is 1. The third-order valence-corrected chi connectivity index (χ3v) is 5.18. The topological polar surface area (TPSA) is 59.1 Å². The summed E-state index contributed by atoms with van der Waals surface area (Å²) in [6.07, 6.45) is 1.74. The average Bonchev–Trinajstić information content (AvgIpc) is 2.72. The van der Waals surface area contributed by atoms with Gasteiger partial charge in [0.15, 0.2) is 0 Å². The molecule has 1 aromatic carbocycles. The molecular weight excluding hydrogens is 280 g/mol. The molecule has 102 valence electrons. The van der Waals surface area contributed by atoms with Crippen LogP contribution in [0.5, 0.6) is 0 Å². The largest absolute Gasteiger partial charge is 0.248 e. The molecule has 19 heavy (non-hydrogen) atoms. The Morgan fingerprint density at radius 3 is 2.58 bits per heavy atom. The lowest BCUT2D eigenvalue weighted by atomic mass is 10.2. The van der Waals surface area contributed by atoms with E-state index in [1.165, 1.54) is 11.3 Å². The zero-order valence-electron chi connectivity index (χ0n) is 11.1. The number of hydrogen-bond acceptors (Lipinski definition) is 4. The Morgan fingerprint density at radius 2 is 2.00 bits per heavy atom. The van der Waals surface area contributed by atoms with Crippen LogP contribution in [-0.2, 0) is 16.6 Å². The van der Waals surface area contributed by atoms with Crippen molar-refractivity contribution in [3.63, 3.8) is 0 Å². The molecule has 0 fully saturated rings. The van der Waals surface area contributed by atoms with Crippen LogP contribution in [0.15, 0.2) is 29.3 Å². The first-order valence-corrected chi connectivity index (χ1v) is 8.17. The summed E-state index contributed by atoms with van der Waals surface area (Å²) in [7, 11) is -3.48. The van der Waals surface area contributed by atoms with Crippen LogP contribution in [0.4, 0.5) is 0 Å². The molecule has 1 N–H and O–H groups in total. The van der Waals surface area contributed by atoms with Crippen molar-refractivity contribution >= 4 is 21.4 Å². The first kappa shape index (κ1) is 14.2. The maximum absolute atomic E-state index is 12.2. The smallest absolute Gasteiger partial charge is 0.241 e. The van der Waals surface area contributed by atoms with Gasteiger partial charge in [-0.2, -0.15) is 0 Å². The second-order valence-electron chi connectivity index (χ2n) is 4.46. The van der Waals surface area contributed by atoms with Crippen molar-refractivity contribution in [3.8, 4) is 0 Å². The van der Waals surface area contributed by atoms with Gasteiger partial charge >= 0.3 is 0 Å². The molecule has 2 aromatic rings. The quantitative estimate of drug-likeness (QED) is 0.943. The Morgan fingerprint density at radius 1 is 1.26 bits per heavy atom. The van der Waals surface area contributed by atoms with E-state index in [4.69, 9.17) is 0 Å². The molecule has 1 heterocycles. The Balaban J connectivity index is 2.18. The zero-order chi connectivity index (χ0) is 14.0. The molecule has 0 saturated heterocycles. The second-order valence-corrected chi connectivity index (χ2v) is 7.51. The third kappa shape index (κ3) is 3.40. The van der Waals surface area contributed by atoms with Gasteiger partial charge in [0.2, 0.25) is 10.0 Å². The lowest BCUT2D eigenvalue weighted by Crippen LogP contribution is -2.23. The van der Waals surface area contributed by atoms with Crippen LogP contribution in [0.2, 0.25) is 0 Å². The first-order valence-electron chi connectivity index (χ1n) is 5.87. The van der Waals surface area contributed by atoms with E-state index in [1.54, 1.807) is 25.3 Å². The van der Waals surface area contributed by atoms with E-state index >= 15 is 0 Å². The highest BCUT2D eigenvalue weighted by Crippen LogP contribution is 2.17. The molecule has 0 atom stereocenters. The summed E-state index contributed by atoms with van der Waals surface area (Å²) in [6, 6.07) is 5.30. The molecule has 0 amide bonds. The molecule has 0 aliphatic carbocycles. The summed E-state index contributed by atoms with van der Waals surface area (Å²) < 4.78 is 27.0. The van der Waals surface area contributed by atoms with E-state index in [0.717, 1.165) is 21.0 Å². The molecule has 1 aromatic heterocycles. The average molecular weight is 296 g/mol. The van der Waals surface area contributed by atoms with Crippen molar-refractivity contribution in [1.82, 2.24) is 9.71 Å². The van der Waals surface area contributed by atoms with E-state index in [-0.39, 0.29) is 6.54 Å². The molecule has 0 radical (unpaired) electrons. The lowest BCUT2D eigenvalue weighted by Gasteiger charge is -2.08. The highest BCUT2D eigenvalue weighted by Gasteiger charge is 2.16. The van der Waals surface area contributed by atoms with Gasteiger partial charge in [-0.3, -0.25) is 0 Å². The SMILES string of the molecule is Cc1ccc(S(=O)(=O)NCc2ncc(C)s2)c(C)c1. The monoisotopic (exact) mass is 296 g/mol. The first-order chi connectivity index (χ1) is 8.88. The van der Waals surface area contributed by atoms with Crippen LogP contribution >= 0.6 is 11.3 Å².